The molecule has 2 heterocycles. The minimum absolute atomic E-state index is 0.237. The van der Waals surface area contributed by atoms with Crippen molar-refractivity contribution in [3.63, 3.8) is 0 Å². The molecule has 1 atom stereocenters. The van der Waals surface area contributed by atoms with E-state index >= 15 is 0 Å². The highest BCUT2D eigenvalue weighted by molar-refractivity contribution is 6.02. The van der Waals surface area contributed by atoms with E-state index in [1.54, 1.807) is 7.05 Å². The Morgan fingerprint density at radius 3 is 3.05 bits per heavy atom. The molecule has 1 fully saturated rings. The minimum Gasteiger partial charge on any atom is -0.373 e. The number of nitrogens with zero attached hydrogens (tertiary/aromatic N) is 2. The summed E-state index contributed by atoms with van der Waals surface area (Å²) in [5, 5.41) is 11.9. The maximum absolute atomic E-state index is 7.94. The second kappa shape index (κ2) is 5.69. The highest BCUT2D eigenvalue weighted by Crippen LogP contribution is 2.28. The Morgan fingerprint density at radius 2 is 2.29 bits per heavy atom. The molecule has 0 unspecified atom stereocenters. The van der Waals surface area contributed by atoms with Crippen LogP contribution in [0.15, 0.2) is 30.5 Å². The lowest BCUT2D eigenvalue weighted by atomic mass is 10.0. The van der Waals surface area contributed by atoms with E-state index in [0.717, 1.165) is 42.4 Å². The summed E-state index contributed by atoms with van der Waals surface area (Å²) < 4.78 is 0. The maximum Gasteiger partial charge on any atom is 0.125 e. The van der Waals surface area contributed by atoms with Gasteiger partial charge in [0.05, 0.1) is 5.52 Å². The van der Waals surface area contributed by atoms with Crippen molar-refractivity contribution >= 4 is 22.4 Å². The molecule has 1 aromatic carbocycles. The standard InChI is InChI=1S/C16H21N5/c1-19-16(18)11-4-5-14-13(9-11)15(6-7-20-14)21-8-2-3-12(17)10-21/h4-7,9,12H,2-3,8,10,17H2,1H3,(H2,18,19)/t12-/m0/s1. The van der Waals surface area contributed by atoms with Crippen LogP contribution in [-0.2, 0) is 0 Å². The predicted octanol–water partition coefficient (Wildman–Crippen LogP) is 1.71. The largest absolute Gasteiger partial charge is 0.373 e. The third-order valence-corrected chi connectivity index (χ3v) is 4.06. The molecule has 3 rings (SSSR count). The van der Waals surface area contributed by atoms with Crippen molar-refractivity contribution in [2.75, 3.05) is 25.0 Å². The van der Waals surface area contributed by atoms with Gasteiger partial charge in [-0.2, -0.15) is 0 Å². The van der Waals surface area contributed by atoms with Crippen LogP contribution in [0.2, 0.25) is 0 Å². The lowest BCUT2D eigenvalue weighted by Crippen LogP contribution is -2.42. The maximum atomic E-state index is 7.94. The van der Waals surface area contributed by atoms with Crippen LogP contribution in [0.3, 0.4) is 0 Å². The summed E-state index contributed by atoms with van der Waals surface area (Å²) in [5.41, 5.74) is 9.11. The average molecular weight is 283 g/mol. The number of hydrogen-bond acceptors (Lipinski definition) is 4. The number of rotatable bonds is 2. The summed E-state index contributed by atoms with van der Waals surface area (Å²) in [6, 6.07) is 8.23. The van der Waals surface area contributed by atoms with Crippen molar-refractivity contribution in [1.82, 2.24) is 10.3 Å². The van der Waals surface area contributed by atoms with Gasteiger partial charge in [0.25, 0.3) is 0 Å². The zero-order chi connectivity index (χ0) is 14.8. The van der Waals surface area contributed by atoms with Crippen molar-refractivity contribution < 1.29 is 0 Å². The quantitative estimate of drug-likeness (QED) is 0.579. The molecule has 0 spiro atoms. The normalized spacial score (nSPS) is 18.8. The summed E-state index contributed by atoms with van der Waals surface area (Å²) in [6.45, 7) is 1.91. The lowest BCUT2D eigenvalue weighted by molar-refractivity contribution is 0.507. The SMILES string of the molecule is CNC(=N)c1ccc2nccc(N3CCC[C@H](N)C3)c2c1. The molecular formula is C16H21N5. The lowest BCUT2D eigenvalue weighted by Gasteiger charge is -2.33. The average Bonchev–Trinajstić information content (AvgIpc) is 2.53. The van der Waals surface area contributed by atoms with Crippen molar-refractivity contribution in [3.8, 4) is 0 Å². The third kappa shape index (κ3) is 2.69. The van der Waals surface area contributed by atoms with E-state index < -0.39 is 0 Å². The van der Waals surface area contributed by atoms with Crippen LogP contribution in [0.1, 0.15) is 18.4 Å². The molecule has 0 bridgehead atoms. The summed E-state index contributed by atoms with van der Waals surface area (Å²) in [5.74, 6) is 0.419. The zero-order valence-corrected chi connectivity index (χ0v) is 12.3. The monoisotopic (exact) mass is 283 g/mol. The van der Waals surface area contributed by atoms with E-state index in [1.165, 1.54) is 5.69 Å². The summed E-state index contributed by atoms with van der Waals surface area (Å²) in [6.07, 6.45) is 4.06. The second-order valence-corrected chi connectivity index (χ2v) is 5.54. The first-order valence-electron chi connectivity index (χ1n) is 7.35. The predicted molar refractivity (Wildman–Crippen MR) is 87.1 cm³/mol. The van der Waals surface area contributed by atoms with Crippen LogP contribution in [0, 0.1) is 5.41 Å². The van der Waals surface area contributed by atoms with Gasteiger partial charge in [-0.3, -0.25) is 10.4 Å². The first-order chi connectivity index (χ1) is 10.2. The van der Waals surface area contributed by atoms with Crippen LogP contribution in [-0.4, -0.2) is 37.0 Å². The molecule has 110 valence electrons. The number of nitrogens with two attached hydrogens (primary N) is 1. The molecule has 1 aliphatic rings. The molecule has 1 aromatic heterocycles. The zero-order valence-electron chi connectivity index (χ0n) is 12.3. The Kier molecular flexibility index (Phi) is 3.75. The van der Waals surface area contributed by atoms with Gasteiger partial charge >= 0.3 is 0 Å². The number of hydrogen-bond donors (Lipinski definition) is 3. The van der Waals surface area contributed by atoms with Crippen LogP contribution in [0.25, 0.3) is 10.9 Å². The van der Waals surface area contributed by atoms with Crippen molar-refractivity contribution in [1.29, 1.82) is 5.41 Å². The van der Waals surface area contributed by atoms with E-state index in [0.29, 0.717) is 5.84 Å². The van der Waals surface area contributed by atoms with E-state index in [2.05, 4.69) is 15.2 Å². The van der Waals surface area contributed by atoms with E-state index in [1.807, 2.05) is 30.5 Å². The molecule has 4 N–H and O–H groups in total. The second-order valence-electron chi connectivity index (χ2n) is 5.54. The molecule has 2 aromatic rings. The fourth-order valence-electron chi connectivity index (χ4n) is 2.94. The highest BCUT2D eigenvalue weighted by Gasteiger charge is 2.19. The molecule has 5 nitrogen and oxygen atoms in total. The van der Waals surface area contributed by atoms with Gasteiger partial charge in [-0.05, 0) is 37.1 Å². The topological polar surface area (TPSA) is 78.0 Å². The van der Waals surface area contributed by atoms with E-state index in [-0.39, 0.29) is 6.04 Å². The Morgan fingerprint density at radius 1 is 1.43 bits per heavy atom. The van der Waals surface area contributed by atoms with Gasteiger partial charge in [0.1, 0.15) is 5.84 Å². The summed E-state index contributed by atoms with van der Waals surface area (Å²) >= 11 is 0. The van der Waals surface area contributed by atoms with E-state index in [9.17, 15) is 0 Å². The molecule has 0 radical (unpaired) electrons. The Bertz CT molecular complexity index is 667. The molecular weight excluding hydrogens is 262 g/mol. The number of fused-ring (bicyclic) bond motifs is 1. The first kappa shape index (κ1) is 13.8. The highest BCUT2D eigenvalue weighted by atomic mass is 15.2. The summed E-state index contributed by atoms with van der Waals surface area (Å²) in [7, 11) is 1.76. The van der Waals surface area contributed by atoms with Gasteiger partial charge < -0.3 is 16.0 Å². The molecule has 5 heteroatoms. The number of anilines is 1. The number of piperidine rings is 1. The van der Waals surface area contributed by atoms with Crippen molar-refractivity contribution in [2.45, 2.75) is 18.9 Å². The fourth-order valence-corrected chi connectivity index (χ4v) is 2.94. The summed E-state index contributed by atoms with van der Waals surface area (Å²) in [4.78, 5) is 6.77. The molecule has 21 heavy (non-hydrogen) atoms. The molecule has 0 saturated carbocycles. The number of amidine groups is 1. The number of pyridine rings is 1. The van der Waals surface area contributed by atoms with Gasteiger partial charge in [-0.15, -0.1) is 0 Å². The number of benzene rings is 1. The molecule has 0 amide bonds. The molecule has 0 aliphatic carbocycles. The Hall–Kier alpha value is -2.14. The van der Waals surface area contributed by atoms with Crippen LogP contribution in [0.4, 0.5) is 5.69 Å². The Labute approximate surface area is 124 Å². The van der Waals surface area contributed by atoms with Crippen LogP contribution < -0.4 is 16.0 Å². The van der Waals surface area contributed by atoms with Gasteiger partial charge in [-0.25, -0.2) is 0 Å². The smallest absolute Gasteiger partial charge is 0.125 e. The van der Waals surface area contributed by atoms with Gasteiger partial charge in [0.15, 0.2) is 0 Å². The fraction of sp³-hybridized carbons (Fsp3) is 0.375. The number of nitrogens with one attached hydrogen (secondary N) is 2. The van der Waals surface area contributed by atoms with E-state index in [4.69, 9.17) is 11.1 Å². The van der Waals surface area contributed by atoms with Gasteiger partial charge in [0.2, 0.25) is 0 Å². The Balaban J connectivity index is 2.06. The van der Waals surface area contributed by atoms with Crippen LogP contribution >= 0.6 is 0 Å². The van der Waals surface area contributed by atoms with Crippen molar-refractivity contribution in [3.05, 3.63) is 36.0 Å². The molecule has 1 saturated heterocycles. The van der Waals surface area contributed by atoms with Crippen LogP contribution in [0.5, 0.6) is 0 Å². The first-order valence-corrected chi connectivity index (χ1v) is 7.35. The number of aromatic nitrogens is 1. The van der Waals surface area contributed by atoms with Crippen molar-refractivity contribution in [2.24, 2.45) is 5.73 Å². The minimum atomic E-state index is 0.237. The molecule has 1 aliphatic heterocycles. The van der Waals surface area contributed by atoms with Gasteiger partial charge in [0, 0.05) is 49.0 Å². The third-order valence-electron chi connectivity index (χ3n) is 4.06. The van der Waals surface area contributed by atoms with Gasteiger partial charge in [-0.1, -0.05) is 0 Å².